The Morgan fingerprint density at radius 2 is 2.22 bits per heavy atom. The minimum Gasteiger partial charge on any atom is -0.394 e. The molecule has 0 radical (unpaired) electrons. The van der Waals surface area contributed by atoms with Gasteiger partial charge in [-0.05, 0) is 31.2 Å². The minimum absolute atomic E-state index is 0.0634. The van der Waals surface area contributed by atoms with Crippen LogP contribution >= 0.6 is 0 Å². The van der Waals surface area contributed by atoms with Crippen molar-refractivity contribution in [2.45, 2.75) is 36.6 Å². The van der Waals surface area contributed by atoms with Crippen LogP contribution in [0.15, 0.2) is 17.2 Å². The molecule has 2 atom stereocenters. The molecule has 1 aromatic rings. The van der Waals surface area contributed by atoms with E-state index in [-0.39, 0.29) is 23.1 Å². The van der Waals surface area contributed by atoms with Crippen LogP contribution in [0.25, 0.3) is 0 Å². The molecule has 0 aromatic carbocycles. The summed E-state index contributed by atoms with van der Waals surface area (Å²) in [4.78, 5) is 11.8. The maximum absolute atomic E-state index is 12.9. The first-order valence-corrected chi connectivity index (χ1v) is 9.10. The first-order chi connectivity index (χ1) is 10.7. The molecule has 1 heterocycles. The highest BCUT2D eigenvalue weighted by Crippen LogP contribution is 2.40. The van der Waals surface area contributed by atoms with Crippen molar-refractivity contribution in [3.63, 3.8) is 0 Å². The van der Waals surface area contributed by atoms with E-state index in [9.17, 15) is 18.3 Å². The average molecular weight is 343 g/mol. The topological polar surface area (TPSA) is 91.6 Å². The van der Waals surface area contributed by atoms with Crippen molar-refractivity contribution < 1.29 is 18.3 Å². The predicted molar refractivity (Wildman–Crippen MR) is 86.6 cm³/mol. The molecule has 2 N–H and O–H groups in total. The number of aromatic nitrogens is 1. The fourth-order valence-electron chi connectivity index (χ4n) is 3.34. The lowest BCUT2D eigenvalue weighted by molar-refractivity contribution is 0.0955. The molecule has 1 aliphatic rings. The number of aryl methyl sites for hydroxylation is 1. The molecule has 1 fully saturated rings. The third-order valence-corrected chi connectivity index (χ3v) is 6.82. The first-order valence-electron chi connectivity index (χ1n) is 7.66. The minimum atomic E-state index is -3.79. The lowest BCUT2D eigenvalue weighted by atomic mass is 9.98. The zero-order valence-corrected chi connectivity index (χ0v) is 14.9. The van der Waals surface area contributed by atoms with Gasteiger partial charge in [-0.3, -0.25) is 4.79 Å². The Labute approximate surface area is 137 Å². The van der Waals surface area contributed by atoms with E-state index in [1.807, 2.05) is 0 Å². The lowest BCUT2D eigenvalue weighted by Crippen LogP contribution is -2.50. The van der Waals surface area contributed by atoms with Crippen LogP contribution in [0.4, 0.5) is 0 Å². The van der Waals surface area contributed by atoms with Crippen LogP contribution in [-0.4, -0.2) is 54.5 Å². The molecule has 7 nitrogen and oxygen atoms in total. The second kappa shape index (κ2) is 6.26. The van der Waals surface area contributed by atoms with E-state index in [2.05, 4.69) is 12.2 Å². The lowest BCUT2D eigenvalue weighted by Gasteiger charge is -2.36. The van der Waals surface area contributed by atoms with Gasteiger partial charge in [-0.25, -0.2) is 8.42 Å². The molecule has 0 aliphatic heterocycles. The first kappa shape index (κ1) is 18.0. The van der Waals surface area contributed by atoms with Crippen molar-refractivity contribution in [2.24, 2.45) is 13.0 Å². The number of nitrogens with zero attached hydrogens (tertiary/aromatic N) is 2. The average Bonchev–Trinajstić information content (AvgIpc) is 3.10. The predicted octanol–water partition coefficient (Wildman–Crippen LogP) is 0.556. The Hall–Kier alpha value is -1.38. The Bertz CT molecular complexity index is 698. The number of likely N-dealkylation sites (N-methyl/N-ethyl adjacent to an activating group) is 1. The quantitative estimate of drug-likeness (QED) is 0.817. The molecule has 1 saturated carbocycles. The third-order valence-electron chi connectivity index (χ3n) is 4.89. The van der Waals surface area contributed by atoms with Crippen molar-refractivity contribution in [3.8, 4) is 0 Å². The van der Waals surface area contributed by atoms with Gasteiger partial charge in [-0.1, -0.05) is 6.92 Å². The molecule has 0 saturated heterocycles. The van der Waals surface area contributed by atoms with Gasteiger partial charge < -0.3 is 15.0 Å². The molecule has 1 amide bonds. The van der Waals surface area contributed by atoms with Gasteiger partial charge in [-0.2, -0.15) is 4.31 Å². The Kier molecular flexibility index (Phi) is 4.89. The standard InChI is InChI=1S/C15H25N3O4S/c1-11-5-6-15(8-11,10-19)18(4)23(21,22)12-7-13(14(20)16-2)17(3)9-12/h7,9,11,19H,5-6,8,10H2,1-4H3,(H,16,20)/t11-,15+/m1/s1. The highest BCUT2D eigenvalue weighted by atomic mass is 32.2. The van der Waals surface area contributed by atoms with Crippen LogP contribution in [0.5, 0.6) is 0 Å². The molecule has 2 rings (SSSR count). The van der Waals surface area contributed by atoms with Gasteiger partial charge in [0.05, 0.1) is 12.1 Å². The third kappa shape index (κ3) is 3.02. The zero-order chi connectivity index (χ0) is 17.4. The Balaban J connectivity index is 2.40. The SMILES string of the molecule is CNC(=O)c1cc(S(=O)(=O)N(C)[C@@]2(CO)CC[C@@H](C)C2)cn1C. The summed E-state index contributed by atoms with van der Waals surface area (Å²) >= 11 is 0. The van der Waals surface area contributed by atoms with Gasteiger partial charge in [0.25, 0.3) is 5.91 Å². The summed E-state index contributed by atoms with van der Waals surface area (Å²) < 4.78 is 28.6. The zero-order valence-electron chi connectivity index (χ0n) is 14.0. The van der Waals surface area contributed by atoms with E-state index in [4.69, 9.17) is 0 Å². The van der Waals surface area contributed by atoms with Crippen LogP contribution in [0, 0.1) is 5.92 Å². The van der Waals surface area contributed by atoms with Gasteiger partial charge in [0, 0.05) is 27.3 Å². The number of aliphatic hydroxyl groups excluding tert-OH is 1. The van der Waals surface area contributed by atoms with Crippen LogP contribution in [0.3, 0.4) is 0 Å². The number of nitrogens with one attached hydrogen (secondary N) is 1. The molecule has 1 aromatic heterocycles. The molecule has 130 valence electrons. The molecule has 0 spiro atoms. The number of rotatable bonds is 5. The number of hydrogen-bond donors (Lipinski definition) is 2. The molecule has 1 aliphatic carbocycles. The monoisotopic (exact) mass is 343 g/mol. The van der Waals surface area contributed by atoms with Gasteiger partial charge in [-0.15, -0.1) is 0 Å². The summed E-state index contributed by atoms with van der Waals surface area (Å²) in [5.74, 6) is 0.0277. The second-order valence-electron chi connectivity index (χ2n) is 6.45. The van der Waals surface area contributed by atoms with Crippen molar-refractivity contribution in [3.05, 3.63) is 18.0 Å². The number of aliphatic hydroxyl groups is 1. The van der Waals surface area contributed by atoms with Crippen molar-refractivity contribution in [1.82, 2.24) is 14.2 Å². The second-order valence-corrected chi connectivity index (χ2v) is 8.42. The van der Waals surface area contributed by atoms with Crippen LogP contribution in [-0.2, 0) is 17.1 Å². The largest absolute Gasteiger partial charge is 0.394 e. The molecular weight excluding hydrogens is 318 g/mol. The highest BCUT2D eigenvalue weighted by Gasteiger charge is 2.46. The van der Waals surface area contributed by atoms with Gasteiger partial charge >= 0.3 is 0 Å². The molecule has 8 heteroatoms. The maximum Gasteiger partial charge on any atom is 0.267 e. The summed E-state index contributed by atoms with van der Waals surface area (Å²) in [7, 11) is 0.847. The van der Waals surface area contributed by atoms with E-state index in [0.717, 1.165) is 6.42 Å². The van der Waals surface area contributed by atoms with Gasteiger partial charge in [0.2, 0.25) is 10.0 Å². The number of sulfonamides is 1. The summed E-state index contributed by atoms with van der Waals surface area (Å²) in [5.41, 5.74) is -0.487. The number of amides is 1. The Morgan fingerprint density at radius 3 is 2.70 bits per heavy atom. The van der Waals surface area contributed by atoms with Crippen molar-refractivity contribution in [2.75, 3.05) is 20.7 Å². The van der Waals surface area contributed by atoms with Crippen LogP contribution in [0.1, 0.15) is 36.7 Å². The smallest absolute Gasteiger partial charge is 0.267 e. The molecule has 0 unspecified atom stereocenters. The highest BCUT2D eigenvalue weighted by molar-refractivity contribution is 7.89. The summed E-state index contributed by atoms with van der Waals surface area (Å²) in [6.45, 7) is 1.85. The molecule has 23 heavy (non-hydrogen) atoms. The van der Waals surface area contributed by atoms with Crippen molar-refractivity contribution in [1.29, 1.82) is 0 Å². The molecular formula is C15H25N3O4S. The van der Waals surface area contributed by atoms with E-state index in [1.165, 1.54) is 35.2 Å². The van der Waals surface area contributed by atoms with Crippen LogP contribution in [0.2, 0.25) is 0 Å². The van der Waals surface area contributed by atoms with Crippen LogP contribution < -0.4 is 5.32 Å². The van der Waals surface area contributed by atoms with Gasteiger partial charge in [0.1, 0.15) is 10.6 Å². The maximum atomic E-state index is 12.9. The summed E-state index contributed by atoms with van der Waals surface area (Å²) in [5, 5.41) is 12.3. The van der Waals surface area contributed by atoms with Crippen molar-refractivity contribution >= 4 is 15.9 Å². The fraction of sp³-hybridized carbons (Fsp3) is 0.667. The molecule has 0 bridgehead atoms. The normalized spacial score (nSPS) is 25.0. The number of hydrogen-bond acceptors (Lipinski definition) is 4. The summed E-state index contributed by atoms with van der Waals surface area (Å²) in [6.07, 6.45) is 3.59. The summed E-state index contributed by atoms with van der Waals surface area (Å²) in [6, 6.07) is 1.37. The van der Waals surface area contributed by atoms with E-state index >= 15 is 0 Å². The fourth-order valence-corrected chi connectivity index (χ4v) is 4.94. The number of carbonyl (C=O) groups excluding carboxylic acids is 1. The number of carbonyl (C=O) groups is 1. The van der Waals surface area contributed by atoms with E-state index in [0.29, 0.717) is 18.8 Å². The van der Waals surface area contributed by atoms with E-state index in [1.54, 1.807) is 7.05 Å². The van der Waals surface area contributed by atoms with E-state index < -0.39 is 15.6 Å². The van der Waals surface area contributed by atoms with Gasteiger partial charge in [0.15, 0.2) is 0 Å². The Morgan fingerprint density at radius 1 is 1.57 bits per heavy atom.